The summed E-state index contributed by atoms with van der Waals surface area (Å²) in [5, 5.41) is 11.1. The van der Waals surface area contributed by atoms with Gasteiger partial charge in [0.15, 0.2) is 0 Å². The summed E-state index contributed by atoms with van der Waals surface area (Å²) >= 11 is 0. The van der Waals surface area contributed by atoms with Gasteiger partial charge in [-0.05, 0) is 43.1 Å². The summed E-state index contributed by atoms with van der Waals surface area (Å²) in [4.78, 5) is 4.34. The minimum absolute atomic E-state index is 0.126. The number of piperidine rings is 1. The van der Waals surface area contributed by atoms with E-state index < -0.39 is 16.1 Å². The van der Waals surface area contributed by atoms with Crippen LogP contribution in [0.5, 0.6) is 0 Å². The molecule has 0 radical (unpaired) electrons. The van der Waals surface area contributed by atoms with Gasteiger partial charge < -0.3 is 9.67 Å². The summed E-state index contributed by atoms with van der Waals surface area (Å²) in [5.41, 5.74) is 3.48. The summed E-state index contributed by atoms with van der Waals surface area (Å²) in [6.07, 6.45) is 8.51. The highest BCUT2D eigenvalue weighted by molar-refractivity contribution is 7.89. The van der Waals surface area contributed by atoms with Gasteiger partial charge in [0.05, 0.1) is 35.6 Å². The third-order valence-electron chi connectivity index (χ3n) is 8.15. The number of hydrogen-bond donors (Lipinski definition) is 1. The van der Waals surface area contributed by atoms with E-state index in [1.165, 1.54) is 11.1 Å². The molecule has 2 saturated carbocycles. The highest BCUT2D eigenvalue weighted by Gasteiger charge is 2.58. The molecule has 6 nitrogen and oxygen atoms in total. The van der Waals surface area contributed by atoms with E-state index in [1.54, 1.807) is 4.31 Å². The lowest BCUT2D eigenvalue weighted by Crippen LogP contribution is -2.60. The van der Waals surface area contributed by atoms with Crippen molar-refractivity contribution in [3.8, 4) is 11.3 Å². The molecular weight excluding hydrogens is 386 g/mol. The molecule has 0 bridgehead atoms. The van der Waals surface area contributed by atoms with Crippen molar-refractivity contribution in [1.29, 1.82) is 0 Å². The number of benzene rings is 1. The molecule has 0 amide bonds. The minimum atomic E-state index is -3.14. The summed E-state index contributed by atoms with van der Waals surface area (Å²) < 4.78 is 29.4. The van der Waals surface area contributed by atoms with Crippen molar-refractivity contribution in [1.82, 2.24) is 13.9 Å². The van der Waals surface area contributed by atoms with Crippen LogP contribution in [0.15, 0.2) is 36.8 Å². The van der Waals surface area contributed by atoms with Gasteiger partial charge in [-0.15, -0.1) is 0 Å². The Morgan fingerprint density at radius 1 is 1.14 bits per heavy atom. The smallest absolute Gasteiger partial charge is 0.216 e. The molecule has 7 heteroatoms. The quantitative estimate of drug-likeness (QED) is 0.840. The molecule has 2 aliphatic carbocycles. The van der Waals surface area contributed by atoms with Gasteiger partial charge in [0.2, 0.25) is 10.0 Å². The second-order valence-corrected chi connectivity index (χ2v) is 11.6. The van der Waals surface area contributed by atoms with E-state index in [0.717, 1.165) is 44.2 Å². The Labute approximate surface area is 171 Å². The van der Waals surface area contributed by atoms with Crippen LogP contribution in [0.2, 0.25) is 0 Å². The first kappa shape index (κ1) is 18.1. The van der Waals surface area contributed by atoms with E-state index in [2.05, 4.69) is 33.8 Å². The lowest BCUT2D eigenvalue weighted by atomic mass is 9.53. The van der Waals surface area contributed by atoms with Crippen molar-refractivity contribution >= 4 is 10.0 Å². The number of rotatable bonds is 3. The number of aliphatic hydroxyl groups is 1. The van der Waals surface area contributed by atoms with Crippen molar-refractivity contribution in [2.75, 3.05) is 13.1 Å². The molecule has 1 saturated heterocycles. The Hall–Kier alpha value is -1.70. The van der Waals surface area contributed by atoms with E-state index >= 15 is 0 Å². The SMILES string of the molecule is O=S(=O)(C1CCC1)N1CCC2(CC1)CC(C1c3ccccc3-c3cncn31)C2O. The lowest BCUT2D eigenvalue weighted by molar-refractivity contribution is -0.152. The summed E-state index contributed by atoms with van der Waals surface area (Å²) in [6, 6.07) is 8.54. The second-order valence-electron chi connectivity index (χ2n) is 9.39. The zero-order valence-electron chi connectivity index (χ0n) is 16.4. The maximum absolute atomic E-state index is 12.7. The molecule has 3 unspecified atom stereocenters. The van der Waals surface area contributed by atoms with E-state index in [-0.39, 0.29) is 22.6 Å². The van der Waals surface area contributed by atoms with Crippen LogP contribution in [0.1, 0.15) is 50.1 Å². The maximum atomic E-state index is 12.7. The van der Waals surface area contributed by atoms with Gasteiger partial charge in [-0.3, -0.25) is 0 Å². The molecular formula is C22H27N3O3S. The Balaban J connectivity index is 1.21. The number of imidazole rings is 1. The van der Waals surface area contributed by atoms with Crippen LogP contribution in [0.3, 0.4) is 0 Å². The number of nitrogens with zero attached hydrogens (tertiary/aromatic N) is 3. The van der Waals surface area contributed by atoms with Crippen molar-refractivity contribution in [2.24, 2.45) is 11.3 Å². The van der Waals surface area contributed by atoms with Gasteiger partial charge in [-0.1, -0.05) is 30.7 Å². The zero-order chi connectivity index (χ0) is 19.8. The van der Waals surface area contributed by atoms with Crippen LogP contribution in [0, 0.1) is 11.3 Å². The molecule has 1 N–H and O–H groups in total. The first-order valence-corrected chi connectivity index (χ1v) is 12.3. The minimum Gasteiger partial charge on any atom is -0.392 e. The van der Waals surface area contributed by atoms with E-state index in [0.29, 0.717) is 13.1 Å². The van der Waals surface area contributed by atoms with Crippen molar-refractivity contribution in [3.05, 3.63) is 42.4 Å². The van der Waals surface area contributed by atoms with Gasteiger partial charge in [0, 0.05) is 24.6 Å². The van der Waals surface area contributed by atoms with Gasteiger partial charge in [0.25, 0.3) is 0 Å². The van der Waals surface area contributed by atoms with Gasteiger partial charge in [0.1, 0.15) is 0 Å². The first-order valence-electron chi connectivity index (χ1n) is 10.8. The Morgan fingerprint density at radius 3 is 2.59 bits per heavy atom. The monoisotopic (exact) mass is 413 g/mol. The van der Waals surface area contributed by atoms with Crippen molar-refractivity contribution in [2.45, 2.75) is 55.9 Å². The van der Waals surface area contributed by atoms with Gasteiger partial charge in [-0.25, -0.2) is 17.7 Å². The molecule has 1 spiro atoms. The van der Waals surface area contributed by atoms with Gasteiger partial charge in [-0.2, -0.15) is 0 Å². The molecule has 6 rings (SSSR count). The number of sulfonamides is 1. The summed E-state index contributed by atoms with van der Waals surface area (Å²) in [7, 11) is -3.14. The van der Waals surface area contributed by atoms with Crippen LogP contribution in [0.25, 0.3) is 11.3 Å². The number of aliphatic hydroxyl groups excluding tert-OH is 1. The molecule has 2 aliphatic heterocycles. The van der Waals surface area contributed by atoms with Crippen LogP contribution in [-0.2, 0) is 10.0 Å². The molecule has 3 fully saturated rings. The molecule has 3 heterocycles. The maximum Gasteiger partial charge on any atom is 0.216 e. The average Bonchev–Trinajstić information content (AvgIpc) is 3.26. The highest BCUT2D eigenvalue weighted by Crippen LogP contribution is 2.59. The summed E-state index contributed by atoms with van der Waals surface area (Å²) in [5.74, 6) is 0.154. The third-order valence-corrected chi connectivity index (χ3v) is 10.6. The molecule has 2 aromatic rings. The van der Waals surface area contributed by atoms with Crippen LogP contribution in [0.4, 0.5) is 0 Å². The Kier molecular flexibility index (Phi) is 3.84. The molecule has 1 aromatic heterocycles. The predicted octanol–water partition coefficient (Wildman–Crippen LogP) is 2.80. The number of aromatic nitrogens is 2. The normalized spacial score (nSPS) is 31.1. The van der Waals surface area contributed by atoms with E-state index in [4.69, 9.17) is 0 Å². The van der Waals surface area contributed by atoms with Gasteiger partial charge >= 0.3 is 0 Å². The second kappa shape index (κ2) is 6.15. The largest absolute Gasteiger partial charge is 0.392 e. The Morgan fingerprint density at radius 2 is 1.90 bits per heavy atom. The van der Waals surface area contributed by atoms with Crippen molar-refractivity contribution < 1.29 is 13.5 Å². The topological polar surface area (TPSA) is 75.4 Å². The average molecular weight is 414 g/mol. The van der Waals surface area contributed by atoms with Crippen LogP contribution >= 0.6 is 0 Å². The van der Waals surface area contributed by atoms with Crippen LogP contribution in [-0.4, -0.2) is 51.8 Å². The standard InChI is InChI=1S/C22H27N3O3S/c26-21-18(20-17-7-2-1-6-16(17)19-13-23-14-25(19)20)12-22(21)8-10-24(11-9-22)29(27,28)15-4-3-5-15/h1-2,6-7,13-15,18,20-21,26H,3-5,8-12H2. The predicted molar refractivity (Wildman–Crippen MR) is 110 cm³/mol. The third kappa shape index (κ3) is 2.41. The highest BCUT2D eigenvalue weighted by atomic mass is 32.2. The first-order chi connectivity index (χ1) is 14.0. The zero-order valence-corrected chi connectivity index (χ0v) is 17.3. The number of fused-ring (bicyclic) bond motifs is 3. The van der Waals surface area contributed by atoms with E-state index in [1.807, 2.05) is 12.5 Å². The fraction of sp³-hybridized carbons (Fsp3) is 0.591. The molecule has 29 heavy (non-hydrogen) atoms. The molecule has 4 aliphatic rings. The summed E-state index contributed by atoms with van der Waals surface area (Å²) in [6.45, 7) is 1.11. The fourth-order valence-corrected chi connectivity index (χ4v) is 8.20. The van der Waals surface area contributed by atoms with E-state index in [9.17, 15) is 13.5 Å². The van der Waals surface area contributed by atoms with Crippen molar-refractivity contribution in [3.63, 3.8) is 0 Å². The lowest BCUT2D eigenvalue weighted by Gasteiger charge is -2.58. The molecule has 3 atom stereocenters. The number of hydrogen-bond acceptors (Lipinski definition) is 4. The van der Waals surface area contributed by atoms with Crippen LogP contribution < -0.4 is 0 Å². The Bertz CT molecular complexity index is 1050. The molecule has 1 aromatic carbocycles. The fourth-order valence-electron chi connectivity index (χ4n) is 6.15. The molecule has 154 valence electrons.